The summed E-state index contributed by atoms with van der Waals surface area (Å²) in [5.74, 6) is 0.306. The Bertz CT molecular complexity index is 566. The number of nitrogens with two attached hydrogens (primary N) is 1. The summed E-state index contributed by atoms with van der Waals surface area (Å²) in [6, 6.07) is 10.3. The monoisotopic (exact) mass is 329 g/mol. The summed E-state index contributed by atoms with van der Waals surface area (Å²) in [6.07, 6.45) is 4.15. The number of carbonyl (C=O) groups is 1. The highest BCUT2D eigenvalue weighted by Gasteiger charge is 2.42. The number of piperidine rings is 2. The summed E-state index contributed by atoms with van der Waals surface area (Å²) >= 11 is 0. The molecule has 1 atom stereocenters. The fourth-order valence-electron chi connectivity index (χ4n) is 4.40. The number of hydrogen-bond donors (Lipinski definition) is 1. The molecule has 132 valence electrons. The van der Waals surface area contributed by atoms with Crippen LogP contribution in [0.2, 0.25) is 0 Å². The normalized spacial score (nSPS) is 26.1. The molecule has 2 fully saturated rings. The number of nitrogens with zero attached hydrogens (tertiary/aromatic N) is 2. The van der Waals surface area contributed by atoms with Crippen molar-refractivity contribution in [1.82, 2.24) is 9.80 Å². The number of benzene rings is 1. The van der Waals surface area contributed by atoms with E-state index < -0.39 is 0 Å². The minimum absolute atomic E-state index is 0.160. The molecule has 1 aromatic rings. The molecule has 0 saturated carbocycles. The molecule has 2 aliphatic heterocycles. The molecule has 1 unspecified atom stereocenters. The molecular formula is C20H31N3O. The van der Waals surface area contributed by atoms with Crippen LogP contribution in [0.4, 0.5) is 0 Å². The quantitative estimate of drug-likeness (QED) is 0.924. The van der Waals surface area contributed by atoms with E-state index in [9.17, 15) is 4.79 Å². The summed E-state index contributed by atoms with van der Waals surface area (Å²) in [5, 5.41) is 0. The van der Waals surface area contributed by atoms with Crippen LogP contribution in [0.5, 0.6) is 0 Å². The van der Waals surface area contributed by atoms with Gasteiger partial charge in [0.2, 0.25) is 5.91 Å². The molecule has 3 rings (SSSR count). The van der Waals surface area contributed by atoms with Gasteiger partial charge in [-0.3, -0.25) is 4.79 Å². The van der Waals surface area contributed by atoms with Gasteiger partial charge in [-0.25, -0.2) is 0 Å². The molecule has 4 nitrogen and oxygen atoms in total. The maximum absolute atomic E-state index is 12.4. The lowest BCUT2D eigenvalue weighted by Gasteiger charge is -2.49. The predicted molar refractivity (Wildman–Crippen MR) is 97.5 cm³/mol. The lowest BCUT2D eigenvalue weighted by atomic mass is 9.73. The van der Waals surface area contributed by atoms with Crippen LogP contribution in [0.15, 0.2) is 30.3 Å². The molecule has 1 spiro atoms. The van der Waals surface area contributed by atoms with Crippen LogP contribution < -0.4 is 5.73 Å². The summed E-state index contributed by atoms with van der Waals surface area (Å²) in [4.78, 5) is 17.0. The second-order valence-electron chi connectivity index (χ2n) is 8.54. The summed E-state index contributed by atoms with van der Waals surface area (Å²) in [7, 11) is 0. The maximum Gasteiger partial charge on any atom is 0.222 e. The van der Waals surface area contributed by atoms with Crippen molar-refractivity contribution in [3.8, 4) is 0 Å². The third-order valence-electron chi connectivity index (χ3n) is 5.34. The summed E-state index contributed by atoms with van der Waals surface area (Å²) in [5.41, 5.74) is 7.55. The molecule has 0 aliphatic carbocycles. The highest BCUT2D eigenvalue weighted by molar-refractivity contribution is 5.77. The molecule has 24 heavy (non-hydrogen) atoms. The highest BCUT2D eigenvalue weighted by atomic mass is 16.2. The Labute approximate surface area is 146 Å². The van der Waals surface area contributed by atoms with Gasteiger partial charge in [0.1, 0.15) is 0 Å². The van der Waals surface area contributed by atoms with Crippen molar-refractivity contribution >= 4 is 5.91 Å². The van der Waals surface area contributed by atoms with Gasteiger partial charge in [-0.2, -0.15) is 0 Å². The molecule has 1 aromatic carbocycles. The van der Waals surface area contributed by atoms with E-state index in [0.717, 1.165) is 39.1 Å². The number of likely N-dealkylation sites (tertiary alicyclic amines) is 2. The average Bonchev–Trinajstić information content (AvgIpc) is 2.51. The molecule has 1 amide bonds. The molecular weight excluding hydrogens is 298 g/mol. The Kier molecular flexibility index (Phi) is 4.97. The molecule has 0 aromatic heterocycles. The predicted octanol–water partition coefficient (Wildman–Crippen LogP) is 2.63. The summed E-state index contributed by atoms with van der Waals surface area (Å²) in [6.45, 7) is 8.97. The van der Waals surface area contributed by atoms with Gasteiger partial charge in [0.15, 0.2) is 0 Å². The first-order chi connectivity index (χ1) is 11.4. The first-order valence-electron chi connectivity index (χ1n) is 9.18. The van der Waals surface area contributed by atoms with Crippen molar-refractivity contribution in [1.29, 1.82) is 0 Å². The van der Waals surface area contributed by atoms with E-state index in [2.05, 4.69) is 35.8 Å². The van der Waals surface area contributed by atoms with Gasteiger partial charge >= 0.3 is 0 Å². The average molecular weight is 329 g/mol. The van der Waals surface area contributed by atoms with E-state index in [1.54, 1.807) is 0 Å². The van der Waals surface area contributed by atoms with E-state index in [-0.39, 0.29) is 11.0 Å². The molecule has 4 heteroatoms. The van der Waals surface area contributed by atoms with Crippen molar-refractivity contribution in [2.45, 2.75) is 51.6 Å². The zero-order valence-corrected chi connectivity index (χ0v) is 15.1. The van der Waals surface area contributed by atoms with Gasteiger partial charge < -0.3 is 15.5 Å². The fraction of sp³-hybridized carbons (Fsp3) is 0.650. The number of amides is 1. The van der Waals surface area contributed by atoms with Gasteiger partial charge in [-0.1, -0.05) is 30.3 Å². The second kappa shape index (κ2) is 6.85. The van der Waals surface area contributed by atoms with Crippen LogP contribution in [-0.2, 0) is 11.3 Å². The van der Waals surface area contributed by atoms with Gasteiger partial charge in [-0.05, 0) is 45.2 Å². The first kappa shape index (κ1) is 17.4. The van der Waals surface area contributed by atoms with Crippen LogP contribution >= 0.6 is 0 Å². The van der Waals surface area contributed by atoms with Crippen molar-refractivity contribution < 1.29 is 4.79 Å². The third-order valence-corrected chi connectivity index (χ3v) is 5.34. The van der Waals surface area contributed by atoms with Crippen LogP contribution in [0, 0.1) is 5.41 Å². The molecule has 0 bridgehead atoms. The lowest BCUT2D eigenvalue weighted by molar-refractivity contribution is -0.140. The van der Waals surface area contributed by atoms with Crippen LogP contribution in [0.25, 0.3) is 0 Å². The molecule has 2 aliphatic rings. The number of carbonyl (C=O) groups excluding carboxylic acids is 1. The third kappa shape index (κ3) is 4.37. The van der Waals surface area contributed by atoms with Crippen molar-refractivity contribution in [2.24, 2.45) is 11.1 Å². The van der Waals surface area contributed by atoms with Crippen LogP contribution in [0.1, 0.15) is 45.1 Å². The number of hydrogen-bond acceptors (Lipinski definition) is 3. The zero-order chi connectivity index (χ0) is 17.2. The topological polar surface area (TPSA) is 49.6 Å². The maximum atomic E-state index is 12.4. The van der Waals surface area contributed by atoms with Crippen LogP contribution in [0.3, 0.4) is 0 Å². The highest BCUT2D eigenvalue weighted by Crippen LogP contribution is 2.39. The Balaban J connectivity index is 1.68. The minimum Gasteiger partial charge on any atom is -0.338 e. The smallest absolute Gasteiger partial charge is 0.222 e. The standard InChI is InChI=1S/C20H31N3O/c1-19(2,21)14-22-12-6-10-20(15-22)11-9-18(24)23(16-20)13-17-7-4-3-5-8-17/h3-5,7-8H,6,9-16,21H2,1-2H3. The summed E-state index contributed by atoms with van der Waals surface area (Å²) < 4.78 is 0. The Morgan fingerprint density at radius 1 is 1.17 bits per heavy atom. The van der Waals surface area contributed by atoms with Gasteiger partial charge in [0.05, 0.1) is 0 Å². The Morgan fingerprint density at radius 3 is 2.62 bits per heavy atom. The van der Waals surface area contributed by atoms with Gasteiger partial charge in [0, 0.05) is 43.6 Å². The van der Waals surface area contributed by atoms with Crippen molar-refractivity contribution in [3.05, 3.63) is 35.9 Å². The van der Waals surface area contributed by atoms with E-state index in [1.807, 2.05) is 18.2 Å². The van der Waals surface area contributed by atoms with Gasteiger partial charge in [-0.15, -0.1) is 0 Å². The number of rotatable bonds is 4. The van der Waals surface area contributed by atoms with Crippen LogP contribution in [-0.4, -0.2) is 47.4 Å². The zero-order valence-electron chi connectivity index (χ0n) is 15.1. The van der Waals surface area contributed by atoms with E-state index >= 15 is 0 Å². The van der Waals surface area contributed by atoms with E-state index in [1.165, 1.54) is 18.4 Å². The van der Waals surface area contributed by atoms with E-state index in [4.69, 9.17) is 5.73 Å². The van der Waals surface area contributed by atoms with Crippen molar-refractivity contribution in [3.63, 3.8) is 0 Å². The molecule has 2 heterocycles. The Hall–Kier alpha value is -1.39. The second-order valence-corrected chi connectivity index (χ2v) is 8.54. The molecule has 2 saturated heterocycles. The van der Waals surface area contributed by atoms with E-state index in [0.29, 0.717) is 12.3 Å². The fourth-order valence-corrected chi connectivity index (χ4v) is 4.40. The molecule has 2 N–H and O–H groups in total. The Morgan fingerprint density at radius 2 is 1.92 bits per heavy atom. The largest absolute Gasteiger partial charge is 0.338 e. The van der Waals surface area contributed by atoms with Crippen molar-refractivity contribution in [2.75, 3.05) is 26.2 Å². The SMILES string of the molecule is CC(C)(N)CN1CCCC2(CCC(=O)N(Cc3ccccc3)C2)C1. The minimum atomic E-state index is -0.160. The lowest BCUT2D eigenvalue weighted by Crippen LogP contribution is -2.56. The molecule has 0 radical (unpaired) electrons. The van der Waals surface area contributed by atoms with Gasteiger partial charge in [0.25, 0.3) is 0 Å². The first-order valence-corrected chi connectivity index (χ1v) is 9.18.